The van der Waals surface area contributed by atoms with E-state index in [4.69, 9.17) is 20.4 Å². The first-order chi connectivity index (χ1) is 15.4. The molecule has 0 heterocycles. The highest BCUT2D eigenvalue weighted by Crippen LogP contribution is 2.27. The zero-order chi connectivity index (χ0) is 25.9. The van der Waals surface area contributed by atoms with Gasteiger partial charge in [-0.3, -0.25) is 0 Å². The number of aromatic carboxylic acids is 2. The van der Waals surface area contributed by atoms with Gasteiger partial charge in [0.25, 0.3) is 0 Å². The molecule has 0 spiro atoms. The Balaban J connectivity index is 0.000000517. The first-order valence-electron chi connectivity index (χ1n) is 8.50. The lowest BCUT2D eigenvalue weighted by molar-refractivity contribution is 0.0679. The number of ether oxygens (including phenoxy) is 2. The van der Waals surface area contributed by atoms with E-state index < -0.39 is 69.5 Å². The van der Waals surface area contributed by atoms with Crippen molar-refractivity contribution in [2.24, 2.45) is 0 Å². The van der Waals surface area contributed by atoms with Crippen LogP contribution in [0.1, 0.15) is 27.1 Å². The Morgan fingerprint density at radius 2 is 1.00 bits per heavy atom. The van der Waals surface area contributed by atoms with Gasteiger partial charge < -0.3 is 29.9 Å². The molecule has 0 aliphatic heterocycles. The van der Waals surface area contributed by atoms with Gasteiger partial charge in [-0.1, -0.05) is 0 Å². The van der Waals surface area contributed by atoms with Gasteiger partial charge in [0.1, 0.15) is 11.1 Å². The second-order valence-electron chi connectivity index (χ2n) is 5.55. The van der Waals surface area contributed by atoms with Gasteiger partial charge >= 0.3 is 11.9 Å². The Kier molecular flexibility index (Phi) is 12.3. The monoisotopic (exact) mass is 488 g/mol. The molecular formula is C19H18F6O8. The average Bonchev–Trinajstić information content (AvgIpc) is 2.75. The minimum atomic E-state index is -1.69. The third kappa shape index (κ3) is 7.84. The SMILES string of the molecule is COc1c(F)c(F)cc(C(=O)O)c1F.COc1c(F)c(F)cc(C(=O)O)c1F.OCCCO. The summed E-state index contributed by atoms with van der Waals surface area (Å²) in [5.41, 5.74) is -1.94. The standard InChI is InChI=1S/2C8H5F3O3.C3H8O2/c2*1-14-7-5(10)3(8(12)13)2-4(9)6(7)11;4-2-1-3-5/h2*2H,1H3,(H,12,13);4-5H,1-3H2. The van der Waals surface area contributed by atoms with E-state index in [1.54, 1.807) is 0 Å². The van der Waals surface area contributed by atoms with E-state index in [-0.39, 0.29) is 25.3 Å². The number of halogens is 6. The highest BCUT2D eigenvalue weighted by molar-refractivity contribution is 5.89. The molecule has 2 aromatic carbocycles. The molecular weight excluding hydrogens is 470 g/mol. The topological polar surface area (TPSA) is 134 Å². The predicted molar refractivity (Wildman–Crippen MR) is 98.4 cm³/mol. The molecule has 0 amide bonds. The Morgan fingerprint density at radius 1 is 0.697 bits per heavy atom. The highest BCUT2D eigenvalue weighted by Gasteiger charge is 2.24. The molecule has 4 N–H and O–H groups in total. The predicted octanol–water partition coefficient (Wildman–Crippen LogP) is 2.98. The lowest BCUT2D eigenvalue weighted by Gasteiger charge is -2.06. The molecule has 0 saturated heterocycles. The van der Waals surface area contributed by atoms with Crippen LogP contribution in [0, 0.1) is 34.9 Å². The van der Waals surface area contributed by atoms with Gasteiger partial charge in [-0.15, -0.1) is 0 Å². The third-order valence-electron chi connectivity index (χ3n) is 3.42. The molecule has 184 valence electrons. The summed E-state index contributed by atoms with van der Waals surface area (Å²) < 4.78 is 85.4. The molecule has 8 nitrogen and oxygen atoms in total. The fraction of sp³-hybridized carbons (Fsp3) is 0.263. The van der Waals surface area contributed by atoms with Crippen LogP contribution < -0.4 is 9.47 Å². The van der Waals surface area contributed by atoms with Crippen LogP contribution in [-0.2, 0) is 0 Å². The van der Waals surface area contributed by atoms with Crippen LogP contribution in [0.5, 0.6) is 11.5 Å². The van der Waals surface area contributed by atoms with Crippen molar-refractivity contribution in [3.63, 3.8) is 0 Å². The molecule has 33 heavy (non-hydrogen) atoms. The van der Waals surface area contributed by atoms with Crippen molar-refractivity contribution in [1.29, 1.82) is 0 Å². The highest BCUT2D eigenvalue weighted by atomic mass is 19.2. The van der Waals surface area contributed by atoms with E-state index in [2.05, 4.69) is 9.47 Å². The minimum Gasteiger partial charge on any atom is -0.491 e. The second kappa shape index (κ2) is 13.8. The quantitative estimate of drug-likeness (QED) is 0.360. The van der Waals surface area contributed by atoms with Crippen molar-refractivity contribution in [3.8, 4) is 11.5 Å². The number of hydrogen-bond donors (Lipinski definition) is 4. The zero-order valence-electron chi connectivity index (χ0n) is 17.0. The first-order valence-corrected chi connectivity index (χ1v) is 8.50. The summed E-state index contributed by atoms with van der Waals surface area (Å²) in [6.07, 6.45) is 0.500. The van der Waals surface area contributed by atoms with Crippen molar-refractivity contribution in [2.75, 3.05) is 27.4 Å². The Bertz CT molecular complexity index is 906. The summed E-state index contributed by atoms with van der Waals surface area (Å²) in [4.78, 5) is 20.7. The minimum absolute atomic E-state index is 0.0938. The van der Waals surface area contributed by atoms with Crippen molar-refractivity contribution in [3.05, 3.63) is 58.2 Å². The molecule has 0 saturated carbocycles. The molecule has 0 unspecified atom stereocenters. The van der Waals surface area contributed by atoms with E-state index in [9.17, 15) is 35.9 Å². The summed E-state index contributed by atoms with van der Waals surface area (Å²) >= 11 is 0. The maximum atomic E-state index is 13.1. The van der Waals surface area contributed by atoms with E-state index in [1.807, 2.05) is 0 Å². The summed E-state index contributed by atoms with van der Waals surface area (Å²) in [6, 6.07) is 0.519. The van der Waals surface area contributed by atoms with Crippen LogP contribution in [-0.4, -0.2) is 59.8 Å². The van der Waals surface area contributed by atoms with Gasteiger partial charge in [-0.2, -0.15) is 8.78 Å². The van der Waals surface area contributed by atoms with Gasteiger partial charge in [0.2, 0.25) is 11.6 Å². The van der Waals surface area contributed by atoms with Crippen LogP contribution in [0.4, 0.5) is 26.3 Å². The molecule has 0 aliphatic rings. The number of aliphatic hydroxyl groups is 2. The number of aliphatic hydroxyl groups excluding tert-OH is 2. The molecule has 0 atom stereocenters. The second-order valence-corrected chi connectivity index (χ2v) is 5.55. The fourth-order valence-electron chi connectivity index (χ4n) is 1.90. The molecule has 0 bridgehead atoms. The van der Waals surface area contributed by atoms with Crippen LogP contribution in [0.3, 0.4) is 0 Å². The lowest BCUT2D eigenvalue weighted by atomic mass is 10.2. The smallest absolute Gasteiger partial charge is 0.338 e. The summed E-state index contributed by atoms with van der Waals surface area (Å²) in [5, 5.41) is 32.6. The number of benzene rings is 2. The maximum absolute atomic E-state index is 13.1. The summed E-state index contributed by atoms with van der Waals surface area (Å²) in [7, 11) is 1.82. The molecule has 0 fully saturated rings. The number of carboxylic acid groups (broad SMARTS) is 2. The first kappa shape index (κ1) is 29.5. The van der Waals surface area contributed by atoms with Gasteiger partial charge in [0.05, 0.1) is 14.2 Å². The van der Waals surface area contributed by atoms with Crippen LogP contribution in [0.15, 0.2) is 12.1 Å². The van der Waals surface area contributed by atoms with Gasteiger partial charge in [0.15, 0.2) is 34.8 Å². The Labute approximate surface area is 182 Å². The van der Waals surface area contributed by atoms with E-state index >= 15 is 0 Å². The number of carbonyl (C=O) groups is 2. The third-order valence-corrected chi connectivity index (χ3v) is 3.42. The molecule has 0 radical (unpaired) electrons. The summed E-state index contributed by atoms with van der Waals surface area (Å²) in [6.45, 7) is 0.188. The number of hydrogen-bond acceptors (Lipinski definition) is 6. The van der Waals surface area contributed by atoms with E-state index in [1.165, 1.54) is 0 Å². The maximum Gasteiger partial charge on any atom is 0.338 e. The zero-order valence-corrected chi connectivity index (χ0v) is 17.0. The van der Waals surface area contributed by atoms with E-state index in [0.29, 0.717) is 6.42 Å². The largest absolute Gasteiger partial charge is 0.491 e. The van der Waals surface area contributed by atoms with Gasteiger partial charge in [0, 0.05) is 13.2 Å². The molecule has 0 aromatic heterocycles. The normalized spacial score (nSPS) is 9.76. The molecule has 0 aliphatic carbocycles. The molecule has 2 rings (SSSR count). The Morgan fingerprint density at radius 3 is 1.18 bits per heavy atom. The van der Waals surface area contributed by atoms with E-state index in [0.717, 1.165) is 14.2 Å². The number of methoxy groups -OCH3 is 2. The number of rotatable bonds is 6. The number of carboxylic acids is 2. The average molecular weight is 488 g/mol. The van der Waals surface area contributed by atoms with Gasteiger partial charge in [-0.05, 0) is 18.6 Å². The van der Waals surface area contributed by atoms with Crippen LogP contribution >= 0.6 is 0 Å². The van der Waals surface area contributed by atoms with Crippen molar-refractivity contribution >= 4 is 11.9 Å². The molecule has 2 aromatic rings. The van der Waals surface area contributed by atoms with Gasteiger partial charge in [-0.25, -0.2) is 27.2 Å². The van der Waals surface area contributed by atoms with Crippen LogP contribution in [0.2, 0.25) is 0 Å². The summed E-state index contributed by atoms with van der Waals surface area (Å²) in [5.74, 6) is -14.4. The molecule has 14 heteroatoms. The van der Waals surface area contributed by atoms with Crippen molar-refractivity contribution < 1.29 is 65.8 Å². The van der Waals surface area contributed by atoms with Crippen molar-refractivity contribution in [1.82, 2.24) is 0 Å². The fourth-order valence-corrected chi connectivity index (χ4v) is 1.90. The lowest BCUT2D eigenvalue weighted by Crippen LogP contribution is -2.06. The van der Waals surface area contributed by atoms with Crippen molar-refractivity contribution in [2.45, 2.75) is 6.42 Å². The Hall–Kier alpha value is -3.52. The van der Waals surface area contributed by atoms with Crippen LogP contribution in [0.25, 0.3) is 0 Å².